The first-order chi connectivity index (χ1) is 12.2. The number of nitrogens with one attached hydrogen (secondary N) is 1. The molecular formula is C20H18N2O2S. The summed E-state index contributed by atoms with van der Waals surface area (Å²) < 4.78 is 0. The molecule has 0 aliphatic heterocycles. The third kappa shape index (κ3) is 4.00. The SMILES string of the molecule is CCCC(=O)Nc1nc(-c2ccccc2)c(C(=O)c2ccccc2)s1. The van der Waals surface area contributed by atoms with Crippen molar-refractivity contribution in [3.63, 3.8) is 0 Å². The third-order valence-electron chi connectivity index (χ3n) is 3.64. The van der Waals surface area contributed by atoms with E-state index in [1.165, 1.54) is 11.3 Å². The summed E-state index contributed by atoms with van der Waals surface area (Å²) in [5.41, 5.74) is 2.06. The van der Waals surface area contributed by atoms with Gasteiger partial charge >= 0.3 is 0 Å². The number of aromatic nitrogens is 1. The van der Waals surface area contributed by atoms with Crippen LogP contribution in [0.3, 0.4) is 0 Å². The molecular weight excluding hydrogens is 332 g/mol. The molecule has 2 aromatic carbocycles. The van der Waals surface area contributed by atoms with Gasteiger partial charge in [0.1, 0.15) is 4.88 Å². The molecule has 4 nitrogen and oxygen atoms in total. The molecule has 0 aliphatic rings. The van der Waals surface area contributed by atoms with E-state index < -0.39 is 0 Å². The number of amides is 1. The van der Waals surface area contributed by atoms with Crippen LogP contribution in [-0.2, 0) is 4.79 Å². The molecule has 0 saturated carbocycles. The summed E-state index contributed by atoms with van der Waals surface area (Å²) in [7, 11) is 0. The van der Waals surface area contributed by atoms with Crippen LogP contribution in [0.1, 0.15) is 35.0 Å². The molecule has 0 spiro atoms. The Kier molecular flexibility index (Phi) is 5.36. The van der Waals surface area contributed by atoms with Crippen molar-refractivity contribution in [2.24, 2.45) is 0 Å². The van der Waals surface area contributed by atoms with E-state index in [-0.39, 0.29) is 11.7 Å². The number of nitrogens with zero attached hydrogens (tertiary/aromatic N) is 1. The highest BCUT2D eigenvalue weighted by Crippen LogP contribution is 2.33. The molecule has 3 aromatic rings. The highest BCUT2D eigenvalue weighted by molar-refractivity contribution is 7.18. The molecule has 1 heterocycles. The molecule has 126 valence electrons. The van der Waals surface area contributed by atoms with E-state index in [0.717, 1.165) is 12.0 Å². The Balaban J connectivity index is 2.01. The Bertz CT molecular complexity index is 873. The van der Waals surface area contributed by atoms with Gasteiger partial charge in [0, 0.05) is 17.5 Å². The number of benzene rings is 2. The minimum absolute atomic E-state index is 0.0884. The second-order valence-electron chi connectivity index (χ2n) is 5.56. The quantitative estimate of drug-likeness (QED) is 0.651. The molecule has 0 saturated heterocycles. The van der Waals surface area contributed by atoms with Crippen LogP contribution in [0.4, 0.5) is 5.13 Å². The van der Waals surface area contributed by atoms with Gasteiger partial charge in [-0.15, -0.1) is 0 Å². The molecule has 1 N–H and O–H groups in total. The van der Waals surface area contributed by atoms with E-state index in [1.807, 2.05) is 55.5 Å². The van der Waals surface area contributed by atoms with Crippen molar-refractivity contribution < 1.29 is 9.59 Å². The fourth-order valence-corrected chi connectivity index (χ4v) is 3.41. The lowest BCUT2D eigenvalue weighted by Gasteiger charge is -2.02. The van der Waals surface area contributed by atoms with Crippen molar-refractivity contribution in [1.29, 1.82) is 0 Å². The van der Waals surface area contributed by atoms with Crippen LogP contribution in [0, 0.1) is 0 Å². The molecule has 0 radical (unpaired) electrons. The van der Waals surface area contributed by atoms with Gasteiger partial charge in [0.05, 0.1) is 5.69 Å². The number of rotatable bonds is 6. The summed E-state index contributed by atoms with van der Waals surface area (Å²) >= 11 is 1.22. The van der Waals surface area contributed by atoms with Crippen molar-refractivity contribution in [2.75, 3.05) is 5.32 Å². The number of carbonyl (C=O) groups excluding carboxylic acids is 2. The fraction of sp³-hybridized carbons (Fsp3) is 0.150. The second-order valence-corrected chi connectivity index (χ2v) is 6.56. The number of hydrogen-bond acceptors (Lipinski definition) is 4. The minimum Gasteiger partial charge on any atom is -0.302 e. The molecule has 0 aliphatic carbocycles. The lowest BCUT2D eigenvalue weighted by atomic mass is 10.1. The molecule has 0 bridgehead atoms. The number of carbonyl (C=O) groups is 2. The van der Waals surface area contributed by atoms with E-state index in [2.05, 4.69) is 10.3 Å². The number of thiazole rings is 1. The van der Waals surface area contributed by atoms with Gasteiger partial charge in [-0.05, 0) is 6.42 Å². The Morgan fingerprint density at radius 3 is 2.28 bits per heavy atom. The zero-order valence-corrected chi connectivity index (χ0v) is 14.7. The summed E-state index contributed by atoms with van der Waals surface area (Å²) in [6.07, 6.45) is 1.20. The Labute approximate surface area is 150 Å². The zero-order valence-electron chi connectivity index (χ0n) is 13.9. The first-order valence-corrected chi connectivity index (χ1v) is 8.96. The average Bonchev–Trinajstić information content (AvgIpc) is 3.06. The highest BCUT2D eigenvalue weighted by Gasteiger charge is 2.21. The monoisotopic (exact) mass is 350 g/mol. The fourth-order valence-electron chi connectivity index (χ4n) is 2.45. The first-order valence-electron chi connectivity index (χ1n) is 8.15. The molecule has 1 aromatic heterocycles. The number of ketones is 1. The molecule has 0 unspecified atom stereocenters. The van der Waals surface area contributed by atoms with E-state index >= 15 is 0 Å². The Morgan fingerprint density at radius 2 is 1.64 bits per heavy atom. The Hall–Kier alpha value is -2.79. The third-order valence-corrected chi connectivity index (χ3v) is 4.61. The number of anilines is 1. The van der Waals surface area contributed by atoms with Gasteiger partial charge in [-0.2, -0.15) is 0 Å². The largest absolute Gasteiger partial charge is 0.302 e. The summed E-state index contributed by atoms with van der Waals surface area (Å²) in [5.74, 6) is -0.178. The molecule has 0 fully saturated rings. The molecule has 5 heteroatoms. The van der Waals surface area contributed by atoms with Gasteiger partial charge in [-0.1, -0.05) is 78.9 Å². The van der Waals surface area contributed by atoms with Crippen LogP contribution in [-0.4, -0.2) is 16.7 Å². The van der Waals surface area contributed by atoms with E-state index in [9.17, 15) is 9.59 Å². The average molecular weight is 350 g/mol. The highest BCUT2D eigenvalue weighted by atomic mass is 32.1. The topological polar surface area (TPSA) is 59.1 Å². The summed E-state index contributed by atoms with van der Waals surface area (Å²) in [4.78, 5) is 29.8. The van der Waals surface area contributed by atoms with Gasteiger partial charge in [0.25, 0.3) is 0 Å². The summed E-state index contributed by atoms with van der Waals surface area (Å²) in [6.45, 7) is 1.95. The van der Waals surface area contributed by atoms with Crippen LogP contribution < -0.4 is 5.32 Å². The van der Waals surface area contributed by atoms with Crippen LogP contribution in [0.25, 0.3) is 11.3 Å². The van der Waals surface area contributed by atoms with Crippen LogP contribution >= 0.6 is 11.3 Å². The van der Waals surface area contributed by atoms with Gasteiger partial charge < -0.3 is 5.32 Å². The smallest absolute Gasteiger partial charge is 0.226 e. The van der Waals surface area contributed by atoms with Crippen LogP contribution in [0.2, 0.25) is 0 Å². The van der Waals surface area contributed by atoms with Crippen molar-refractivity contribution in [2.45, 2.75) is 19.8 Å². The molecule has 25 heavy (non-hydrogen) atoms. The first kappa shape index (κ1) is 17.0. The standard InChI is InChI=1S/C20H18N2O2S/c1-2-9-16(23)21-20-22-17(14-10-5-3-6-11-14)19(25-20)18(24)15-12-7-4-8-13-15/h3-8,10-13H,2,9H2,1H3,(H,21,22,23). The van der Waals surface area contributed by atoms with E-state index in [0.29, 0.717) is 27.7 Å². The van der Waals surface area contributed by atoms with Crippen molar-refractivity contribution in [3.05, 3.63) is 71.1 Å². The summed E-state index contributed by atoms with van der Waals surface area (Å²) in [6, 6.07) is 18.7. The van der Waals surface area contributed by atoms with Crippen LogP contribution in [0.5, 0.6) is 0 Å². The zero-order chi connectivity index (χ0) is 17.6. The van der Waals surface area contributed by atoms with Crippen molar-refractivity contribution in [3.8, 4) is 11.3 Å². The van der Waals surface area contributed by atoms with E-state index in [1.54, 1.807) is 12.1 Å². The van der Waals surface area contributed by atoms with Gasteiger partial charge in [-0.25, -0.2) is 4.98 Å². The second kappa shape index (κ2) is 7.85. The predicted molar refractivity (Wildman–Crippen MR) is 101 cm³/mol. The van der Waals surface area contributed by atoms with Crippen molar-refractivity contribution >= 4 is 28.2 Å². The lowest BCUT2D eigenvalue weighted by molar-refractivity contribution is -0.116. The number of hydrogen-bond donors (Lipinski definition) is 1. The van der Waals surface area contributed by atoms with Crippen molar-refractivity contribution in [1.82, 2.24) is 4.98 Å². The van der Waals surface area contributed by atoms with Gasteiger partial charge in [-0.3, -0.25) is 9.59 Å². The van der Waals surface area contributed by atoms with Crippen LogP contribution in [0.15, 0.2) is 60.7 Å². The molecule has 1 amide bonds. The summed E-state index contributed by atoms with van der Waals surface area (Å²) in [5, 5.41) is 3.25. The predicted octanol–water partition coefficient (Wildman–Crippen LogP) is 4.78. The molecule has 0 atom stereocenters. The maximum Gasteiger partial charge on any atom is 0.226 e. The molecule has 3 rings (SSSR count). The van der Waals surface area contributed by atoms with Gasteiger partial charge in [0.15, 0.2) is 5.13 Å². The van der Waals surface area contributed by atoms with Gasteiger partial charge in [0.2, 0.25) is 11.7 Å². The maximum absolute atomic E-state index is 12.9. The minimum atomic E-state index is -0.0899. The maximum atomic E-state index is 12.9. The van der Waals surface area contributed by atoms with E-state index in [4.69, 9.17) is 0 Å². The normalized spacial score (nSPS) is 10.4. The Morgan fingerprint density at radius 1 is 1.00 bits per heavy atom. The lowest BCUT2D eigenvalue weighted by Crippen LogP contribution is -2.10.